The molecule has 0 spiro atoms. The first-order chi connectivity index (χ1) is 28.2. The van der Waals surface area contributed by atoms with Crippen molar-refractivity contribution in [2.24, 2.45) is 12.5 Å². The molecule has 2 amide bonds. The van der Waals surface area contributed by atoms with Gasteiger partial charge < -0.3 is 34.5 Å². The van der Waals surface area contributed by atoms with E-state index in [0.717, 1.165) is 18.9 Å². The number of alkyl halides is 3. The number of nitrogens with one attached hydrogen (secondary N) is 2. The maximum Gasteiger partial charge on any atom is 0.409 e. The summed E-state index contributed by atoms with van der Waals surface area (Å²) in [5.74, 6) is -0.674. The second-order valence-electron chi connectivity index (χ2n) is 16.5. The van der Waals surface area contributed by atoms with Gasteiger partial charge in [0.2, 0.25) is 5.91 Å². The standard InChI is InChI=1S/C42H48F3N9O5/c1-5-36(56)48-30-19-26(6-7-32(30)53-13-12-51(23-35(53)42(43,44)45)27-9-16-59-17-10-27)47-37-40(58)50(4)22-31(49-37)28-8-11-46-38(29(28)24-55)54-15-14-52-33(39(54)57)18-25-20-41(2,3)21-34(25)52/h5-8,11,18-19,22,27,35,55H,1,9-10,12-17,20-21,23-24H2,2-4H3,(H,47,49)(H,48,56)/t35-/m0/s1. The summed E-state index contributed by atoms with van der Waals surface area (Å²) in [6.07, 6.45) is 2.61. The molecule has 0 unspecified atom stereocenters. The topological polar surface area (TPSA) is 150 Å². The Bertz CT molecular complexity index is 2370. The Morgan fingerprint density at radius 2 is 1.86 bits per heavy atom. The number of benzene rings is 1. The molecule has 0 saturated carbocycles. The van der Waals surface area contributed by atoms with E-state index in [1.54, 1.807) is 11.0 Å². The van der Waals surface area contributed by atoms with Gasteiger partial charge in [-0.05, 0) is 73.1 Å². The summed E-state index contributed by atoms with van der Waals surface area (Å²) in [7, 11) is 1.54. The molecular formula is C42H48F3N9O5. The van der Waals surface area contributed by atoms with E-state index in [1.165, 1.54) is 58.4 Å². The Hall–Kier alpha value is -5.52. The minimum Gasteiger partial charge on any atom is -0.392 e. The van der Waals surface area contributed by atoms with Crippen LogP contribution in [0.25, 0.3) is 11.3 Å². The lowest BCUT2D eigenvalue weighted by atomic mass is 9.90. The van der Waals surface area contributed by atoms with Gasteiger partial charge in [0.1, 0.15) is 17.6 Å². The Balaban J connectivity index is 1.09. The Morgan fingerprint density at radius 3 is 2.59 bits per heavy atom. The highest BCUT2D eigenvalue weighted by atomic mass is 19.4. The van der Waals surface area contributed by atoms with Gasteiger partial charge in [-0.15, -0.1) is 0 Å². The van der Waals surface area contributed by atoms with Crippen LogP contribution >= 0.6 is 0 Å². The molecule has 8 rings (SSSR count). The summed E-state index contributed by atoms with van der Waals surface area (Å²) in [5, 5.41) is 16.4. The van der Waals surface area contributed by atoms with Crippen LogP contribution in [0.2, 0.25) is 0 Å². The molecule has 312 valence electrons. The first kappa shape index (κ1) is 40.3. The van der Waals surface area contributed by atoms with Crippen LogP contribution in [0.3, 0.4) is 0 Å². The van der Waals surface area contributed by atoms with Crippen molar-refractivity contribution < 1.29 is 32.6 Å². The quantitative estimate of drug-likeness (QED) is 0.197. The molecule has 3 N–H and O–H groups in total. The summed E-state index contributed by atoms with van der Waals surface area (Å²) >= 11 is 0. The van der Waals surface area contributed by atoms with E-state index in [-0.39, 0.29) is 59.2 Å². The number of aromatic nitrogens is 4. The van der Waals surface area contributed by atoms with Crippen LogP contribution in [0.5, 0.6) is 0 Å². The number of aliphatic hydroxyl groups is 1. The Morgan fingerprint density at radius 1 is 1.08 bits per heavy atom. The third kappa shape index (κ3) is 7.74. The number of carbonyl (C=O) groups excluding carboxylic acids is 2. The van der Waals surface area contributed by atoms with Crippen LogP contribution in [-0.4, -0.2) is 98.6 Å². The van der Waals surface area contributed by atoms with E-state index in [1.807, 2.05) is 11.0 Å². The van der Waals surface area contributed by atoms with Gasteiger partial charge in [0.25, 0.3) is 11.5 Å². The number of hydrogen-bond donors (Lipinski definition) is 3. The number of halogens is 3. The van der Waals surface area contributed by atoms with Crippen molar-refractivity contribution in [3.63, 3.8) is 0 Å². The van der Waals surface area contributed by atoms with Gasteiger partial charge in [0.05, 0.1) is 23.7 Å². The molecule has 1 aliphatic carbocycles. The number of carbonyl (C=O) groups is 2. The lowest BCUT2D eigenvalue weighted by Gasteiger charge is -2.47. The normalized spacial score (nSPS) is 19.7. The number of ether oxygens (including phenoxy) is 1. The Labute approximate surface area is 339 Å². The number of pyridine rings is 1. The van der Waals surface area contributed by atoms with Gasteiger partial charge in [-0.1, -0.05) is 20.4 Å². The van der Waals surface area contributed by atoms with Crippen LogP contribution < -0.4 is 26.0 Å². The third-order valence-corrected chi connectivity index (χ3v) is 11.9. The van der Waals surface area contributed by atoms with Crippen LogP contribution in [0.4, 0.5) is 41.9 Å². The highest BCUT2D eigenvalue weighted by molar-refractivity contribution is 6.06. The summed E-state index contributed by atoms with van der Waals surface area (Å²) in [5.41, 5.74) is 4.19. The van der Waals surface area contributed by atoms with Crippen molar-refractivity contribution in [2.45, 2.75) is 70.9 Å². The zero-order valence-electron chi connectivity index (χ0n) is 33.3. The summed E-state index contributed by atoms with van der Waals surface area (Å²) in [6.45, 7) is 9.64. The molecular weight excluding hydrogens is 768 g/mol. The molecule has 2 saturated heterocycles. The largest absolute Gasteiger partial charge is 0.409 e. The smallest absolute Gasteiger partial charge is 0.392 e. The number of piperazine rings is 1. The fraction of sp³-hybridized carbons (Fsp3) is 0.452. The fourth-order valence-corrected chi connectivity index (χ4v) is 9.08. The average Bonchev–Trinajstić information content (AvgIpc) is 3.71. The van der Waals surface area contributed by atoms with Gasteiger partial charge in [0.15, 0.2) is 5.82 Å². The monoisotopic (exact) mass is 815 g/mol. The fourth-order valence-electron chi connectivity index (χ4n) is 9.08. The number of nitrogens with zero attached hydrogens (tertiary/aromatic N) is 7. The van der Waals surface area contributed by atoms with Crippen LogP contribution in [0, 0.1) is 5.41 Å². The highest BCUT2D eigenvalue weighted by Crippen LogP contribution is 2.41. The molecule has 4 aromatic rings. The molecule has 14 nitrogen and oxygen atoms in total. The van der Waals surface area contributed by atoms with E-state index < -0.39 is 30.3 Å². The predicted molar refractivity (Wildman–Crippen MR) is 217 cm³/mol. The molecule has 1 atom stereocenters. The van der Waals surface area contributed by atoms with Crippen molar-refractivity contribution in [3.05, 3.63) is 88.2 Å². The predicted octanol–water partition coefficient (Wildman–Crippen LogP) is 5.02. The second kappa shape index (κ2) is 15.6. The highest BCUT2D eigenvalue weighted by Gasteiger charge is 2.48. The van der Waals surface area contributed by atoms with Gasteiger partial charge in [0, 0.05) is 93.9 Å². The number of rotatable bonds is 9. The van der Waals surface area contributed by atoms with Crippen LogP contribution in [-0.2, 0) is 42.6 Å². The molecule has 2 fully saturated rings. The Kier molecular flexibility index (Phi) is 10.6. The molecule has 6 heterocycles. The maximum absolute atomic E-state index is 14.7. The molecule has 1 aromatic carbocycles. The lowest BCUT2D eigenvalue weighted by molar-refractivity contribution is -0.159. The SMILES string of the molecule is C=CC(=O)Nc1cc(Nc2nc(-c3ccnc(N4CCn5c(cc6c5CC(C)(C)C6)C4=O)c3CO)cn(C)c2=O)ccc1N1CCN(C2CCOCC2)C[C@H]1C(F)(F)F. The van der Waals surface area contributed by atoms with E-state index in [0.29, 0.717) is 68.2 Å². The van der Waals surface area contributed by atoms with Gasteiger partial charge >= 0.3 is 6.18 Å². The van der Waals surface area contributed by atoms with E-state index >= 15 is 0 Å². The number of amides is 2. The number of aryl methyl sites for hydroxylation is 1. The number of fused-ring (bicyclic) bond motifs is 3. The molecule has 17 heteroatoms. The van der Waals surface area contributed by atoms with Crippen molar-refractivity contribution in [1.29, 1.82) is 0 Å². The molecule has 3 aromatic heterocycles. The number of hydrogen-bond acceptors (Lipinski definition) is 10. The molecule has 59 heavy (non-hydrogen) atoms. The maximum atomic E-state index is 14.7. The average molecular weight is 816 g/mol. The van der Waals surface area contributed by atoms with Crippen molar-refractivity contribution in [3.8, 4) is 11.3 Å². The van der Waals surface area contributed by atoms with E-state index in [4.69, 9.17) is 4.74 Å². The minimum absolute atomic E-state index is 0.00533. The van der Waals surface area contributed by atoms with Gasteiger partial charge in [-0.2, -0.15) is 13.2 Å². The second-order valence-corrected chi connectivity index (χ2v) is 16.5. The van der Waals surface area contributed by atoms with Crippen LogP contribution in [0.15, 0.2) is 60.2 Å². The van der Waals surface area contributed by atoms with E-state index in [2.05, 4.69) is 45.6 Å². The summed E-state index contributed by atoms with van der Waals surface area (Å²) in [6, 6.07) is 6.25. The third-order valence-electron chi connectivity index (χ3n) is 11.9. The molecule has 3 aliphatic heterocycles. The van der Waals surface area contributed by atoms with Gasteiger partial charge in [-0.25, -0.2) is 9.97 Å². The van der Waals surface area contributed by atoms with E-state index in [9.17, 15) is 32.7 Å². The number of aliphatic hydroxyl groups excluding tert-OH is 1. The lowest BCUT2D eigenvalue weighted by Crippen LogP contribution is -2.61. The molecule has 4 aliphatic rings. The summed E-state index contributed by atoms with van der Waals surface area (Å²) < 4.78 is 53.0. The van der Waals surface area contributed by atoms with Crippen molar-refractivity contribution >= 4 is 40.5 Å². The molecule has 0 bridgehead atoms. The first-order valence-electron chi connectivity index (χ1n) is 19.9. The zero-order chi connectivity index (χ0) is 41.8. The minimum atomic E-state index is -4.57. The zero-order valence-corrected chi connectivity index (χ0v) is 33.3. The van der Waals surface area contributed by atoms with Crippen molar-refractivity contribution in [2.75, 3.05) is 59.8 Å². The van der Waals surface area contributed by atoms with Crippen molar-refractivity contribution in [1.82, 2.24) is 24.0 Å². The van der Waals surface area contributed by atoms with Crippen LogP contribution in [0.1, 0.15) is 54.0 Å². The number of anilines is 5. The molecule has 0 radical (unpaired) electrons. The van der Waals surface area contributed by atoms with Gasteiger partial charge in [-0.3, -0.25) is 24.2 Å². The first-order valence-corrected chi connectivity index (χ1v) is 19.9. The summed E-state index contributed by atoms with van der Waals surface area (Å²) in [4.78, 5) is 54.0.